The van der Waals surface area contributed by atoms with E-state index in [0.29, 0.717) is 5.02 Å². The lowest BCUT2D eigenvalue weighted by atomic mass is 10.2. The summed E-state index contributed by atoms with van der Waals surface area (Å²) in [6.07, 6.45) is 0. The van der Waals surface area contributed by atoms with Gasteiger partial charge < -0.3 is 15.6 Å². The van der Waals surface area contributed by atoms with Crippen molar-refractivity contribution in [2.45, 2.75) is 10.6 Å². The maximum Gasteiger partial charge on any atom is 0.318 e. The van der Waals surface area contributed by atoms with E-state index in [0.717, 1.165) is 28.2 Å². The lowest BCUT2D eigenvalue weighted by Crippen LogP contribution is -2.37. The van der Waals surface area contributed by atoms with Gasteiger partial charge in [-0.3, -0.25) is 9.59 Å². The molecule has 2 rings (SSSR count). The number of thioether (sulfide) groups is 1. The number of carbonyl (C=O) groups excluding carboxylic acids is 1. The monoisotopic (exact) mass is 508 g/mol. The molecule has 2 aromatic rings. The minimum Gasteiger partial charge on any atom is -0.480 e. The van der Waals surface area contributed by atoms with Crippen molar-refractivity contribution in [2.24, 2.45) is 5.73 Å². The van der Waals surface area contributed by atoms with Gasteiger partial charge in [-0.05, 0) is 42.0 Å². The molecule has 0 aliphatic rings. The number of ether oxygens (including phenoxy) is 1. The van der Waals surface area contributed by atoms with Crippen LogP contribution in [0.4, 0.5) is 8.78 Å². The van der Waals surface area contributed by atoms with Crippen molar-refractivity contribution < 1.29 is 36.6 Å². The smallest absolute Gasteiger partial charge is 0.318 e. The van der Waals surface area contributed by atoms with Gasteiger partial charge in [-0.15, -0.1) is 0 Å². The molecule has 0 saturated carbocycles. The standard InChI is InChI=1S/C19H19ClF2N2O6S2/c20-13-1-3-14(4-2-13)32(28,29)24(9-18(26)27)5-6-31-11-12-7-15(21)19(16(22)8-12)30-10-17(23)25/h1-4,7-8H,5-6,9-11H2,(H2,23,25)(H,26,27). The Kier molecular flexibility index (Phi) is 9.25. The van der Waals surface area contributed by atoms with Crippen molar-refractivity contribution in [3.05, 3.63) is 58.6 Å². The summed E-state index contributed by atoms with van der Waals surface area (Å²) < 4.78 is 59.0. The lowest BCUT2D eigenvalue weighted by molar-refractivity contribution is -0.137. The average molecular weight is 509 g/mol. The highest BCUT2D eigenvalue weighted by atomic mass is 35.5. The van der Waals surface area contributed by atoms with Gasteiger partial charge in [-0.1, -0.05) is 11.6 Å². The summed E-state index contributed by atoms with van der Waals surface area (Å²) in [5.41, 5.74) is 5.13. The number of carbonyl (C=O) groups is 2. The van der Waals surface area contributed by atoms with Crippen molar-refractivity contribution in [1.82, 2.24) is 4.31 Å². The topological polar surface area (TPSA) is 127 Å². The second kappa shape index (κ2) is 11.5. The Labute approximate surface area is 192 Å². The number of carboxylic acids is 1. The number of aliphatic carboxylic acids is 1. The molecule has 0 unspecified atom stereocenters. The molecule has 0 fully saturated rings. The third-order valence-corrected chi connectivity index (χ3v) is 7.05. The van der Waals surface area contributed by atoms with Crippen LogP contribution in [0.3, 0.4) is 0 Å². The number of benzene rings is 2. The predicted molar refractivity (Wildman–Crippen MR) is 115 cm³/mol. The summed E-state index contributed by atoms with van der Waals surface area (Å²) in [6, 6.07) is 7.34. The maximum absolute atomic E-state index is 14.0. The zero-order valence-electron chi connectivity index (χ0n) is 16.5. The molecule has 32 heavy (non-hydrogen) atoms. The molecule has 0 bridgehead atoms. The van der Waals surface area contributed by atoms with Crippen molar-refractivity contribution in [1.29, 1.82) is 0 Å². The molecule has 8 nitrogen and oxygen atoms in total. The summed E-state index contributed by atoms with van der Waals surface area (Å²) in [7, 11) is -4.08. The minimum absolute atomic E-state index is 0.108. The van der Waals surface area contributed by atoms with E-state index in [9.17, 15) is 26.8 Å². The molecule has 0 heterocycles. The quantitative estimate of drug-likeness (QED) is 0.422. The van der Waals surface area contributed by atoms with E-state index in [-0.39, 0.29) is 28.5 Å². The highest BCUT2D eigenvalue weighted by Crippen LogP contribution is 2.26. The van der Waals surface area contributed by atoms with Crippen LogP contribution in [-0.4, -0.2) is 55.2 Å². The van der Waals surface area contributed by atoms with Crippen LogP contribution in [0, 0.1) is 11.6 Å². The Balaban J connectivity index is 2.02. The molecule has 13 heteroatoms. The molecule has 2 aromatic carbocycles. The third kappa shape index (κ3) is 7.33. The van der Waals surface area contributed by atoms with Gasteiger partial charge in [-0.2, -0.15) is 16.1 Å². The van der Waals surface area contributed by atoms with E-state index in [2.05, 4.69) is 0 Å². The van der Waals surface area contributed by atoms with E-state index in [1.165, 1.54) is 24.3 Å². The lowest BCUT2D eigenvalue weighted by Gasteiger charge is -2.20. The summed E-state index contributed by atoms with van der Waals surface area (Å²) >= 11 is 6.91. The molecule has 0 saturated heterocycles. The first-order valence-corrected chi connectivity index (χ1v) is 11.9. The van der Waals surface area contributed by atoms with Crippen LogP contribution >= 0.6 is 23.4 Å². The molecular weight excluding hydrogens is 490 g/mol. The second-order valence-corrected chi connectivity index (χ2v) is 9.86. The second-order valence-electron chi connectivity index (χ2n) is 6.38. The van der Waals surface area contributed by atoms with Crippen LogP contribution in [0.1, 0.15) is 5.56 Å². The third-order valence-electron chi connectivity index (χ3n) is 3.93. The van der Waals surface area contributed by atoms with Crippen molar-refractivity contribution in [3.8, 4) is 5.75 Å². The summed E-state index contributed by atoms with van der Waals surface area (Å²) in [5, 5.41) is 9.41. The molecule has 0 atom stereocenters. The van der Waals surface area contributed by atoms with Crippen LogP contribution in [0.2, 0.25) is 5.02 Å². The number of rotatable bonds is 12. The van der Waals surface area contributed by atoms with Crippen LogP contribution < -0.4 is 10.5 Å². The molecule has 0 aliphatic heterocycles. The van der Waals surface area contributed by atoms with E-state index in [1.54, 1.807) is 0 Å². The van der Waals surface area contributed by atoms with Gasteiger partial charge in [0.15, 0.2) is 24.0 Å². The highest BCUT2D eigenvalue weighted by molar-refractivity contribution is 7.98. The molecule has 0 aromatic heterocycles. The molecule has 0 radical (unpaired) electrons. The minimum atomic E-state index is -4.08. The van der Waals surface area contributed by atoms with Gasteiger partial charge in [0.1, 0.15) is 6.54 Å². The summed E-state index contributed by atoms with van der Waals surface area (Å²) in [4.78, 5) is 21.7. The van der Waals surface area contributed by atoms with Crippen LogP contribution in [0.5, 0.6) is 5.75 Å². The number of halogens is 3. The van der Waals surface area contributed by atoms with Crippen molar-refractivity contribution >= 4 is 45.3 Å². The first-order chi connectivity index (χ1) is 15.0. The highest BCUT2D eigenvalue weighted by Gasteiger charge is 2.26. The Morgan fingerprint density at radius 1 is 1.16 bits per heavy atom. The first-order valence-electron chi connectivity index (χ1n) is 8.95. The first kappa shape index (κ1) is 25.8. The van der Waals surface area contributed by atoms with E-state index < -0.39 is 52.4 Å². The normalized spacial score (nSPS) is 11.5. The number of sulfonamides is 1. The fourth-order valence-corrected chi connectivity index (χ4v) is 5.05. The van der Waals surface area contributed by atoms with Gasteiger partial charge >= 0.3 is 5.97 Å². The van der Waals surface area contributed by atoms with E-state index in [1.807, 2.05) is 0 Å². The maximum atomic E-state index is 14.0. The number of hydrogen-bond donors (Lipinski definition) is 2. The van der Waals surface area contributed by atoms with Gasteiger partial charge in [0.25, 0.3) is 5.91 Å². The zero-order valence-corrected chi connectivity index (χ0v) is 18.9. The number of nitrogens with two attached hydrogens (primary N) is 1. The largest absolute Gasteiger partial charge is 0.480 e. The Bertz CT molecular complexity index is 1060. The summed E-state index contributed by atoms with van der Waals surface area (Å²) in [5.74, 6) is -4.69. The Hall–Kier alpha value is -2.41. The van der Waals surface area contributed by atoms with Gasteiger partial charge in [0.2, 0.25) is 10.0 Å². The number of carboxylic acid groups (broad SMARTS) is 1. The predicted octanol–water partition coefficient (Wildman–Crippen LogP) is 2.49. The number of primary amides is 1. The SMILES string of the molecule is NC(=O)COc1c(F)cc(CSCCN(CC(=O)O)S(=O)(=O)c2ccc(Cl)cc2)cc1F. The van der Waals surface area contributed by atoms with Crippen molar-refractivity contribution in [2.75, 3.05) is 25.4 Å². The van der Waals surface area contributed by atoms with Crippen LogP contribution in [0.15, 0.2) is 41.3 Å². The van der Waals surface area contributed by atoms with E-state index in [4.69, 9.17) is 27.2 Å². The molecule has 3 N–H and O–H groups in total. The fourth-order valence-electron chi connectivity index (χ4n) is 2.52. The molecule has 1 amide bonds. The zero-order chi connectivity index (χ0) is 23.9. The number of amides is 1. The number of hydrogen-bond acceptors (Lipinski definition) is 6. The van der Waals surface area contributed by atoms with Gasteiger partial charge in [0.05, 0.1) is 4.90 Å². The molecule has 0 aliphatic carbocycles. The fraction of sp³-hybridized carbons (Fsp3) is 0.263. The van der Waals surface area contributed by atoms with Gasteiger partial charge in [-0.25, -0.2) is 17.2 Å². The summed E-state index contributed by atoms with van der Waals surface area (Å²) in [6.45, 7) is -1.57. The molecular formula is C19H19ClF2N2O6S2. The van der Waals surface area contributed by atoms with Gasteiger partial charge in [0, 0.05) is 23.1 Å². The van der Waals surface area contributed by atoms with E-state index >= 15 is 0 Å². The Morgan fingerprint density at radius 2 is 1.75 bits per heavy atom. The van der Waals surface area contributed by atoms with Crippen LogP contribution in [0.25, 0.3) is 0 Å². The van der Waals surface area contributed by atoms with Crippen molar-refractivity contribution in [3.63, 3.8) is 0 Å². The average Bonchev–Trinajstić information content (AvgIpc) is 2.69. The Morgan fingerprint density at radius 3 is 2.28 bits per heavy atom. The molecule has 0 spiro atoms. The number of nitrogens with zero attached hydrogens (tertiary/aromatic N) is 1. The molecule has 174 valence electrons. The van der Waals surface area contributed by atoms with Crippen LogP contribution in [-0.2, 0) is 25.4 Å².